The second kappa shape index (κ2) is 9.14. The van der Waals surface area contributed by atoms with Crippen molar-refractivity contribution in [1.29, 1.82) is 0 Å². The lowest BCUT2D eigenvalue weighted by molar-refractivity contribution is -0.149. The minimum atomic E-state index is -0.671. The third kappa shape index (κ3) is 4.67. The first kappa shape index (κ1) is 20.3. The molecule has 1 amide bonds. The van der Waals surface area contributed by atoms with Crippen LogP contribution in [0.2, 0.25) is 5.02 Å². The second-order valence-electron chi connectivity index (χ2n) is 6.59. The Labute approximate surface area is 167 Å². The predicted octanol–water partition coefficient (Wildman–Crippen LogP) is 2.07. The molecule has 0 radical (unpaired) electrons. The van der Waals surface area contributed by atoms with E-state index in [1.54, 1.807) is 4.90 Å². The fourth-order valence-electron chi connectivity index (χ4n) is 3.18. The molecule has 0 aliphatic carbocycles. The van der Waals surface area contributed by atoms with Gasteiger partial charge in [0.1, 0.15) is 0 Å². The Balaban J connectivity index is 1.54. The first-order valence-corrected chi connectivity index (χ1v) is 9.49. The van der Waals surface area contributed by atoms with E-state index in [1.165, 1.54) is 19.2 Å². The molecular formula is C19H22ClNO7. The zero-order valence-corrected chi connectivity index (χ0v) is 16.3. The molecule has 9 heteroatoms. The largest absolute Gasteiger partial charge is 0.489 e. The van der Waals surface area contributed by atoms with Crippen molar-refractivity contribution in [2.75, 3.05) is 40.0 Å². The monoisotopic (exact) mass is 411 g/mol. The predicted molar refractivity (Wildman–Crippen MR) is 98.7 cm³/mol. The number of ether oxygens (including phenoxy) is 4. The van der Waals surface area contributed by atoms with Crippen LogP contribution in [0.5, 0.6) is 11.5 Å². The molecule has 28 heavy (non-hydrogen) atoms. The summed E-state index contributed by atoms with van der Waals surface area (Å²) in [5.74, 6) is -0.647. The van der Waals surface area contributed by atoms with Gasteiger partial charge in [0.2, 0.25) is 0 Å². The van der Waals surface area contributed by atoms with Gasteiger partial charge in [0.15, 0.2) is 18.1 Å². The smallest absolute Gasteiger partial charge is 0.338 e. The third-order valence-corrected chi connectivity index (χ3v) is 5.03. The Morgan fingerprint density at radius 1 is 1.18 bits per heavy atom. The molecule has 0 saturated carbocycles. The van der Waals surface area contributed by atoms with Crippen LogP contribution in [0.3, 0.4) is 0 Å². The fraction of sp³-hybridized carbons (Fsp3) is 0.526. The highest BCUT2D eigenvalue weighted by Gasteiger charge is 2.28. The number of piperidine rings is 1. The first-order chi connectivity index (χ1) is 13.5. The van der Waals surface area contributed by atoms with E-state index >= 15 is 0 Å². The minimum Gasteiger partial charge on any atom is -0.489 e. The molecule has 8 nitrogen and oxygen atoms in total. The molecule has 0 N–H and O–H groups in total. The number of carbonyl (C=O) groups is 3. The summed E-state index contributed by atoms with van der Waals surface area (Å²) in [4.78, 5) is 37.7. The van der Waals surface area contributed by atoms with Crippen LogP contribution in [-0.2, 0) is 19.1 Å². The molecule has 1 fully saturated rings. The molecule has 0 bridgehead atoms. The van der Waals surface area contributed by atoms with Gasteiger partial charge in [0.05, 0.1) is 36.8 Å². The van der Waals surface area contributed by atoms with Crippen molar-refractivity contribution in [3.05, 3.63) is 22.7 Å². The van der Waals surface area contributed by atoms with Gasteiger partial charge in [-0.25, -0.2) is 4.79 Å². The summed E-state index contributed by atoms with van der Waals surface area (Å²) < 4.78 is 20.9. The van der Waals surface area contributed by atoms with Crippen molar-refractivity contribution in [2.24, 2.45) is 5.92 Å². The van der Waals surface area contributed by atoms with Crippen LogP contribution in [0.4, 0.5) is 0 Å². The summed E-state index contributed by atoms with van der Waals surface area (Å²) in [5.41, 5.74) is 0.187. The summed E-state index contributed by atoms with van der Waals surface area (Å²) >= 11 is 6.17. The molecule has 0 unspecified atom stereocenters. The standard InChI is InChI=1S/C19H22ClNO7/c1-25-18(23)12-3-5-21(6-4-12)16(22)11-28-19(24)13-9-14(20)17-15(10-13)26-7-2-8-27-17/h9-10,12H,2-8,11H2,1H3. The van der Waals surface area contributed by atoms with Gasteiger partial charge >= 0.3 is 11.9 Å². The number of benzene rings is 1. The Morgan fingerprint density at radius 2 is 1.89 bits per heavy atom. The second-order valence-corrected chi connectivity index (χ2v) is 7.00. The van der Waals surface area contributed by atoms with Gasteiger partial charge in [-0.05, 0) is 25.0 Å². The third-order valence-electron chi connectivity index (χ3n) is 4.75. The van der Waals surface area contributed by atoms with Crippen molar-refractivity contribution >= 4 is 29.4 Å². The fourth-order valence-corrected chi connectivity index (χ4v) is 3.45. The van der Waals surface area contributed by atoms with E-state index < -0.39 is 5.97 Å². The molecule has 1 aromatic rings. The van der Waals surface area contributed by atoms with E-state index in [-0.39, 0.29) is 35.0 Å². The van der Waals surface area contributed by atoms with E-state index in [0.717, 1.165) is 0 Å². The van der Waals surface area contributed by atoms with Gasteiger partial charge in [0.25, 0.3) is 5.91 Å². The lowest BCUT2D eigenvalue weighted by Crippen LogP contribution is -2.42. The Morgan fingerprint density at radius 3 is 2.61 bits per heavy atom. The van der Waals surface area contributed by atoms with Gasteiger partial charge in [-0.1, -0.05) is 11.6 Å². The molecule has 3 rings (SSSR count). The first-order valence-electron chi connectivity index (χ1n) is 9.11. The van der Waals surface area contributed by atoms with Gasteiger partial charge in [-0.15, -0.1) is 0 Å². The van der Waals surface area contributed by atoms with Gasteiger partial charge in [-0.3, -0.25) is 9.59 Å². The van der Waals surface area contributed by atoms with E-state index in [1.807, 2.05) is 0 Å². The average Bonchev–Trinajstić information content (AvgIpc) is 2.97. The number of hydrogen-bond donors (Lipinski definition) is 0. The number of fused-ring (bicyclic) bond motifs is 1. The maximum atomic E-state index is 12.3. The van der Waals surface area contributed by atoms with Crippen molar-refractivity contribution in [3.63, 3.8) is 0 Å². The summed E-state index contributed by atoms with van der Waals surface area (Å²) in [5, 5.41) is 0.252. The SMILES string of the molecule is COC(=O)C1CCN(C(=O)COC(=O)c2cc(Cl)c3c(c2)OCCCO3)CC1. The van der Waals surface area contributed by atoms with Crippen LogP contribution in [-0.4, -0.2) is 62.8 Å². The number of rotatable bonds is 4. The van der Waals surface area contributed by atoms with Crippen LogP contribution in [0.25, 0.3) is 0 Å². The molecule has 1 saturated heterocycles. The minimum absolute atomic E-state index is 0.187. The highest BCUT2D eigenvalue weighted by atomic mass is 35.5. The molecule has 2 aliphatic rings. The average molecular weight is 412 g/mol. The van der Waals surface area contributed by atoms with Crippen LogP contribution in [0, 0.1) is 5.92 Å². The maximum absolute atomic E-state index is 12.3. The van der Waals surface area contributed by atoms with Crippen LogP contribution in [0.15, 0.2) is 12.1 Å². The number of hydrogen-bond acceptors (Lipinski definition) is 7. The van der Waals surface area contributed by atoms with Crippen molar-refractivity contribution in [2.45, 2.75) is 19.3 Å². The van der Waals surface area contributed by atoms with Crippen LogP contribution < -0.4 is 9.47 Å². The van der Waals surface area contributed by atoms with Gasteiger partial charge in [0, 0.05) is 19.5 Å². The molecule has 2 heterocycles. The molecule has 0 atom stereocenters. The summed E-state index contributed by atoms with van der Waals surface area (Å²) in [6, 6.07) is 2.94. The van der Waals surface area contributed by atoms with Gasteiger partial charge in [-0.2, -0.15) is 0 Å². The van der Waals surface area contributed by atoms with Crippen LogP contribution in [0.1, 0.15) is 29.6 Å². The number of nitrogens with zero attached hydrogens (tertiary/aromatic N) is 1. The number of likely N-dealkylation sites (tertiary alicyclic amines) is 1. The number of methoxy groups -OCH3 is 1. The number of halogens is 1. The summed E-state index contributed by atoms with van der Waals surface area (Å²) in [7, 11) is 1.35. The maximum Gasteiger partial charge on any atom is 0.338 e. The van der Waals surface area contributed by atoms with Crippen molar-refractivity contribution < 1.29 is 33.3 Å². The highest BCUT2D eigenvalue weighted by Crippen LogP contribution is 2.38. The number of esters is 2. The molecule has 1 aromatic carbocycles. The Hall–Kier alpha value is -2.48. The van der Waals surface area contributed by atoms with E-state index in [0.29, 0.717) is 57.1 Å². The molecule has 0 spiro atoms. The van der Waals surface area contributed by atoms with Crippen LogP contribution >= 0.6 is 11.6 Å². The molecule has 152 valence electrons. The summed E-state index contributed by atoms with van der Waals surface area (Å²) in [6.07, 6.45) is 1.78. The zero-order valence-electron chi connectivity index (χ0n) is 15.6. The van der Waals surface area contributed by atoms with Crippen molar-refractivity contribution in [1.82, 2.24) is 4.90 Å². The number of carbonyl (C=O) groups excluding carboxylic acids is 3. The van der Waals surface area contributed by atoms with Gasteiger partial charge < -0.3 is 23.8 Å². The highest BCUT2D eigenvalue weighted by molar-refractivity contribution is 6.32. The van der Waals surface area contributed by atoms with E-state index in [2.05, 4.69) is 0 Å². The molecule has 2 aliphatic heterocycles. The van der Waals surface area contributed by atoms with E-state index in [4.69, 9.17) is 30.5 Å². The quantitative estimate of drug-likeness (QED) is 0.700. The zero-order chi connectivity index (χ0) is 20.1. The lowest BCUT2D eigenvalue weighted by Gasteiger charge is -2.30. The topological polar surface area (TPSA) is 91.4 Å². The normalized spacial score (nSPS) is 16.9. The Bertz CT molecular complexity index is 759. The lowest BCUT2D eigenvalue weighted by atomic mass is 9.97. The molecule has 0 aromatic heterocycles. The Kier molecular flexibility index (Phi) is 6.61. The van der Waals surface area contributed by atoms with E-state index in [9.17, 15) is 14.4 Å². The summed E-state index contributed by atoms with van der Waals surface area (Å²) in [6.45, 7) is 1.41. The molecular weight excluding hydrogens is 390 g/mol. The number of amides is 1. The van der Waals surface area contributed by atoms with Crippen molar-refractivity contribution in [3.8, 4) is 11.5 Å².